The number of halogens is 2. The van der Waals surface area contributed by atoms with Crippen LogP contribution >= 0.6 is 28.3 Å². The molecule has 2 atom stereocenters. The predicted octanol–water partition coefficient (Wildman–Crippen LogP) is 1.26. The number of carbonyl (C=O) groups excluding carboxylic acids is 2. The fraction of sp³-hybridized carbons (Fsp3) is 0.385. The van der Waals surface area contributed by atoms with E-state index in [2.05, 4.69) is 21.2 Å². The van der Waals surface area contributed by atoms with Crippen molar-refractivity contribution < 1.29 is 14.3 Å². The second-order valence-corrected chi connectivity index (χ2v) is 5.26. The number of hydrogen-bond acceptors (Lipinski definition) is 4. The molecule has 2 amide bonds. The second-order valence-electron chi connectivity index (χ2n) is 4.40. The van der Waals surface area contributed by atoms with Gasteiger partial charge in [0.1, 0.15) is 5.75 Å². The molecule has 5 N–H and O–H groups in total. The van der Waals surface area contributed by atoms with Crippen molar-refractivity contribution in [2.24, 2.45) is 11.5 Å². The Labute approximate surface area is 138 Å². The Morgan fingerprint density at radius 1 is 1.43 bits per heavy atom. The molecular formula is C13H19BrClN3O3. The zero-order chi connectivity index (χ0) is 15.3. The van der Waals surface area contributed by atoms with Crippen LogP contribution in [0.4, 0.5) is 0 Å². The molecule has 6 nitrogen and oxygen atoms in total. The summed E-state index contributed by atoms with van der Waals surface area (Å²) in [4.78, 5) is 22.5. The van der Waals surface area contributed by atoms with Gasteiger partial charge in [-0.3, -0.25) is 9.59 Å². The van der Waals surface area contributed by atoms with E-state index < -0.39 is 17.9 Å². The van der Waals surface area contributed by atoms with Gasteiger partial charge in [-0.15, -0.1) is 12.4 Å². The Bertz CT molecular complexity index is 513. The molecule has 8 heteroatoms. The molecule has 0 saturated heterocycles. The van der Waals surface area contributed by atoms with Crippen molar-refractivity contribution in [2.75, 3.05) is 7.11 Å². The summed E-state index contributed by atoms with van der Waals surface area (Å²) in [5, 5.41) is 2.73. The standard InChI is InChI=1S/C13H18BrN3O3.ClH/c1-7(17-13(19)10(15)6-12(16)18)8-3-4-11(20-2)9(14)5-8;/h3-5,7,10H,6,15H2,1-2H3,(H2,16,18)(H,17,19);1H. The van der Waals surface area contributed by atoms with Crippen molar-refractivity contribution in [3.8, 4) is 5.75 Å². The van der Waals surface area contributed by atoms with Gasteiger partial charge in [-0.25, -0.2) is 0 Å². The summed E-state index contributed by atoms with van der Waals surface area (Å²) in [5.41, 5.74) is 11.5. The van der Waals surface area contributed by atoms with E-state index in [1.165, 1.54) is 0 Å². The first-order valence-corrected chi connectivity index (χ1v) is 6.82. The van der Waals surface area contributed by atoms with E-state index in [0.29, 0.717) is 5.75 Å². The highest BCUT2D eigenvalue weighted by Crippen LogP contribution is 2.27. The topological polar surface area (TPSA) is 107 Å². The first-order valence-electron chi connectivity index (χ1n) is 6.02. The third kappa shape index (κ3) is 5.91. The van der Waals surface area contributed by atoms with Gasteiger partial charge in [0.2, 0.25) is 11.8 Å². The van der Waals surface area contributed by atoms with Crippen LogP contribution in [-0.4, -0.2) is 25.0 Å². The first-order chi connectivity index (χ1) is 9.35. The average molecular weight is 381 g/mol. The highest BCUT2D eigenvalue weighted by atomic mass is 79.9. The molecule has 0 saturated carbocycles. The number of amides is 2. The molecule has 0 radical (unpaired) electrons. The van der Waals surface area contributed by atoms with Crippen LogP contribution in [0.2, 0.25) is 0 Å². The maximum absolute atomic E-state index is 11.8. The quantitative estimate of drug-likeness (QED) is 0.690. The Kier molecular flexibility index (Phi) is 8.31. The molecule has 1 rings (SSSR count). The van der Waals surface area contributed by atoms with Gasteiger partial charge >= 0.3 is 0 Å². The van der Waals surface area contributed by atoms with Crippen LogP contribution in [-0.2, 0) is 9.59 Å². The molecular weight excluding hydrogens is 362 g/mol. The van der Waals surface area contributed by atoms with Crippen LogP contribution < -0.4 is 21.5 Å². The molecule has 1 aromatic rings. The number of carbonyl (C=O) groups is 2. The van der Waals surface area contributed by atoms with Gasteiger partial charge in [0.25, 0.3) is 0 Å². The number of methoxy groups -OCH3 is 1. The summed E-state index contributed by atoms with van der Waals surface area (Å²) < 4.78 is 5.93. The summed E-state index contributed by atoms with van der Waals surface area (Å²) in [6.07, 6.45) is -0.176. The summed E-state index contributed by atoms with van der Waals surface area (Å²) in [6.45, 7) is 1.82. The van der Waals surface area contributed by atoms with Gasteiger partial charge in [0, 0.05) is 0 Å². The van der Waals surface area contributed by atoms with Crippen molar-refractivity contribution in [1.29, 1.82) is 0 Å². The van der Waals surface area contributed by atoms with Crippen molar-refractivity contribution in [1.82, 2.24) is 5.32 Å². The summed E-state index contributed by atoms with van der Waals surface area (Å²) in [5.74, 6) is -0.312. The molecule has 21 heavy (non-hydrogen) atoms. The smallest absolute Gasteiger partial charge is 0.237 e. The van der Waals surface area contributed by atoms with Crippen LogP contribution in [0.15, 0.2) is 22.7 Å². The Hall–Kier alpha value is -1.31. The minimum atomic E-state index is -0.934. The van der Waals surface area contributed by atoms with Gasteiger partial charge in [-0.05, 0) is 40.5 Å². The lowest BCUT2D eigenvalue weighted by Crippen LogP contribution is -2.43. The van der Waals surface area contributed by atoms with Gasteiger partial charge in [-0.1, -0.05) is 6.07 Å². The maximum Gasteiger partial charge on any atom is 0.237 e. The number of benzene rings is 1. The Morgan fingerprint density at radius 2 is 2.05 bits per heavy atom. The summed E-state index contributed by atoms with van der Waals surface area (Å²) in [6, 6.07) is 4.31. The summed E-state index contributed by atoms with van der Waals surface area (Å²) >= 11 is 3.38. The number of rotatable bonds is 6. The number of ether oxygens (including phenoxy) is 1. The van der Waals surface area contributed by atoms with Crippen LogP contribution in [0.5, 0.6) is 5.75 Å². The van der Waals surface area contributed by atoms with Gasteiger partial charge in [0.05, 0.1) is 30.1 Å². The highest BCUT2D eigenvalue weighted by molar-refractivity contribution is 9.10. The van der Waals surface area contributed by atoms with Crippen molar-refractivity contribution >= 4 is 40.2 Å². The fourth-order valence-corrected chi connectivity index (χ4v) is 2.22. The lowest BCUT2D eigenvalue weighted by molar-refractivity contribution is -0.126. The van der Waals surface area contributed by atoms with E-state index in [4.69, 9.17) is 16.2 Å². The first kappa shape index (κ1) is 19.7. The van der Waals surface area contributed by atoms with E-state index in [0.717, 1.165) is 10.0 Å². The maximum atomic E-state index is 11.8. The molecule has 0 aliphatic rings. The molecule has 1 aromatic carbocycles. The molecule has 118 valence electrons. The number of nitrogens with one attached hydrogen (secondary N) is 1. The molecule has 0 bridgehead atoms. The highest BCUT2D eigenvalue weighted by Gasteiger charge is 2.18. The predicted molar refractivity (Wildman–Crippen MR) is 86.3 cm³/mol. The zero-order valence-corrected chi connectivity index (χ0v) is 14.2. The van der Waals surface area contributed by atoms with Crippen LogP contribution in [0.25, 0.3) is 0 Å². The van der Waals surface area contributed by atoms with Gasteiger partial charge < -0.3 is 21.5 Å². The largest absolute Gasteiger partial charge is 0.496 e. The van der Waals surface area contributed by atoms with Crippen LogP contribution in [0.1, 0.15) is 24.9 Å². The Balaban J connectivity index is 0.00000400. The lowest BCUT2D eigenvalue weighted by atomic mass is 10.1. The average Bonchev–Trinajstić information content (AvgIpc) is 2.37. The molecule has 0 aliphatic heterocycles. The number of nitrogens with two attached hydrogens (primary N) is 2. The minimum Gasteiger partial charge on any atom is -0.496 e. The van der Waals surface area contributed by atoms with E-state index in [9.17, 15) is 9.59 Å². The second kappa shape index (κ2) is 8.86. The van der Waals surface area contributed by atoms with Crippen molar-refractivity contribution in [3.63, 3.8) is 0 Å². The minimum absolute atomic E-state index is 0. The molecule has 0 fully saturated rings. The molecule has 0 aliphatic carbocycles. The number of hydrogen-bond donors (Lipinski definition) is 3. The lowest BCUT2D eigenvalue weighted by Gasteiger charge is -2.18. The molecule has 2 unspecified atom stereocenters. The van der Waals surface area contributed by atoms with Gasteiger partial charge in [-0.2, -0.15) is 0 Å². The van der Waals surface area contributed by atoms with Gasteiger partial charge in [0.15, 0.2) is 0 Å². The van der Waals surface area contributed by atoms with E-state index >= 15 is 0 Å². The van der Waals surface area contributed by atoms with E-state index in [1.807, 2.05) is 19.1 Å². The van der Waals surface area contributed by atoms with E-state index in [-0.39, 0.29) is 24.9 Å². The SMILES string of the molecule is COc1ccc(C(C)NC(=O)C(N)CC(N)=O)cc1Br.Cl. The molecule has 0 aromatic heterocycles. The Morgan fingerprint density at radius 3 is 2.52 bits per heavy atom. The van der Waals surface area contributed by atoms with Crippen molar-refractivity contribution in [3.05, 3.63) is 28.2 Å². The van der Waals surface area contributed by atoms with Crippen LogP contribution in [0.3, 0.4) is 0 Å². The third-order valence-electron chi connectivity index (χ3n) is 2.79. The van der Waals surface area contributed by atoms with E-state index in [1.54, 1.807) is 13.2 Å². The van der Waals surface area contributed by atoms with Crippen LogP contribution in [0, 0.1) is 0 Å². The third-order valence-corrected chi connectivity index (χ3v) is 3.41. The fourth-order valence-electron chi connectivity index (χ4n) is 1.67. The molecule has 0 spiro atoms. The zero-order valence-electron chi connectivity index (χ0n) is 11.8. The monoisotopic (exact) mass is 379 g/mol. The molecule has 0 heterocycles. The van der Waals surface area contributed by atoms with Crippen molar-refractivity contribution in [2.45, 2.75) is 25.4 Å². The normalized spacial score (nSPS) is 12.8. The summed E-state index contributed by atoms with van der Waals surface area (Å²) in [7, 11) is 1.58. The number of primary amides is 1.